The molecule has 0 saturated carbocycles. The lowest BCUT2D eigenvalue weighted by molar-refractivity contribution is 0.191. The molecule has 1 aliphatic rings. The Balaban J connectivity index is 1.96. The summed E-state index contributed by atoms with van der Waals surface area (Å²) in [6.07, 6.45) is 0. The summed E-state index contributed by atoms with van der Waals surface area (Å²) in [5.41, 5.74) is 0.761. The largest absolute Gasteiger partial charge is 0.346 e. The molecule has 0 atom stereocenters. The summed E-state index contributed by atoms with van der Waals surface area (Å²) in [7, 11) is 0. The lowest BCUT2D eigenvalue weighted by Gasteiger charge is -2.35. The van der Waals surface area contributed by atoms with Crippen LogP contribution in [0.5, 0.6) is 0 Å². The van der Waals surface area contributed by atoms with Gasteiger partial charge in [0, 0.05) is 26.2 Å². The van der Waals surface area contributed by atoms with E-state index in [1.807, 2.05) is 12.1 Å². The molecule has 0 aromatic heterocycles. The summed E-state index contributed by atoms with van der Waals surface area (Å²) < 4.78 is 0. The highest BCUT2D eigenvalue weighted by atomic mass is 35.5. The van der Waals surface area contributed by atoms with Gasteiger partial charge in [-0.3, -0.25) is 0 Å². The summed E-state index contributed by atoms with van der Waals surface area (Å²) in [6.45, 7) is 7.24. The molecule has 0 radical (unpaired) electrons. The van der Waals surface area contributed by atoms with Crippen LogP contribution in [0.4, 0.5) is 5.69 Å². The van der Waals surface area contributed by atoms with Gasteiger partial charge in [-0.15, -0.1) is 0 Å². The van der Waals surface area contributed by atoms with Crippen LogP contribution in [-0.2, 0) is 0 Å². The molecule has 0 bridgehead atoms. The molecule has 0 unspecified atom stereocenters. The van der Waals surface area contributed by atoms with E-state index in [9.17, 15) is 0 Å². The molecule has 0 aliphatic carbocycles. The van der Waals surface area contributed by atoms with Crippen LogP contribution < -0.4 is 5.32 Å². The van der Waals surface area contributed by atoms with Crippen molar-refractivity contribution < 1.29 is 0 Å². The van der Waals surface area contributed by atoms with E-state index in [2.05, 4.69) is 22.0 Å². The first-order chi connectivity index (χ1) is 9.11. The molecule has 0 amide bonds. The van der Waals surface area contributed by atoms with E-state index in [-0.39, 0.29) is 0 Å². The van der Waals surface area contributed by atoms with E-state index in [1.165, 1.54) is 0 Å². The van der Waals surface area contributed by atoms with Gasteiger partial charge in [0.1, 0.15) is 0 Å². The van der Waals surface area contributed by atoms with Gasteiger partial charge in [0.25, 0.3) is 0 Å². The highest BCUT2D eigenvalue weighted by Gasteiger charge is 2.18. The highest BCUT2D eigenvalue weighted by Crippen LogP contribution is 2.29. The quantitative estimate of drug-likeness (QED) is 0.843. The number of nitrogens with one attached hydrogen (secondary N) is 1. The van der Waals surface area contributed by atoms with E-state index in [0.717, 1.165) is 38.4 Å². The smallest absolute Gasteiger partial charge is 0.173 e. The maximum absolute atomic E-state index is 6.14. The second kappa shape index (κ2) is 6.75. The van der Waals surface area contributed by atoms with Crippen molar-refractivity contribution in [1.82, 2.24) is 9.80 Å². The van der Waals surface area contributed by atoms with Gasteiger partial charge in [-0.25, -0.2) is 0 Å². The molecular weight excluding hydrogens is 301 g/mol. The number of nitrogens with zero attached hydrogens (tertiary/aromatic N) is 2. The zero-order valence-electron chi connectivity index (χ0n) is 10.8. The van der Waals surface area contributed by atoms with Crippen LogP contribution >= 0.6 is 35.4 Å². The number of anilines is 1. The number of rotatable bonds is 2. The van der Waals surface area contributed by atoms with E-state index >= 15 is 0 Å². The van der Waals surface area contributed by atoms with Crippen LogP contribution in [0.3, 0.4) is 0 Å². The Bertz CT molecular complexity index is 459. The number of thiocarbonyl (C=S) groups is 1. The molecule has 3 nitrogen and oxygen atoms in total. The van der Waals surface area contributed by atoms with Gasteiger partial charge >= 0.3 is 0 Å². The number of piperazine rings is 1. The number of hydrogen-bond donors (Lipinski definition) is 1. The van der Waals surface area contributed by atoms with E-state index in [4.69, 9.17) is 35.4 Å². The first-order valence-corrected chi connectivity index (χ1v) is 7.50. The Labute approximate surface area is 129 Å². The predicted octanol–water partition coefficient (Wildman–Crippen LogP) is 3.33. The summed E-state index contributed by atoms with van der Waals surface area (Å²) in [6, 6.07) is 5.50. The predicted molar refractivity (Wildman–Crippen MR) is 86.4 cm³/mol. The van der Waals surface area contributed by atoms with E-state index < -0.39 is 0 Å². The zero-order valence-corrected chi connectivity index (χ0v) is 13.2. The Morgan fingerprint density at radius 2 is 1.95 bits per heavy atom. The van der Waals surface area contributed by atoms with Gasteiger partial charge in [-0.2, -0.15) is 0 Å². The maximum Gasteiger partial charge on any atom is 0.173 e. The van der Waals surface area contributed by atoms with Crippen LogP contribution in [0, 0.1) is 0 Å². The number of likely N-dealkylation sites (N-methyl/N-ethyl adjacent to an activating group) is 1. The molecular formula is C13H17Cl2N3S. The molecule has 0 spiro atoms. The second-order valence-electron chi connectivity index (χ2n) is 4.45. The van der Waals surface area contributed by atoms with Gasteiger partial charge in [0.2, 0.25) is 0 Å². The molecule has 1 heterocycles. The summed E-state index contributed by atoms with van der Waals surface area (Å²) in [4.78, 5) is 4.57. The minimum atomic E-state index is 0.513. The topological polar surface area (TPSA) is 18.5 Å². The third-order valence-corrected chi connectivity index (χ3v) is 4.48. The SMILES string of the molecule is CCN1CCN(C(=S)Nc2cccc(Cl)c2Cl)CC1. The Morgan fingerprint density at radius 1 is 1.26 bits per heavy atom. The summed E-state index contributed by atoms with van der Waals surface area (Å²) in [5.74, 6) is 0. The van der Waals surface area contributed by atoms with Crippen molar-refractivity contribution in [1.29, 1.82) is 0 Å². The number of halogens is 2. The first-order valence-electron chi connectivity index (χ1n) is 6.34. The Kier molecular flexibility index (Phi) is 5.28. The van der Waals surface area contributed by atoms with Crippen molar-refractivity contribution in [2.24, 2.45) is 0 Å². The van der Waals surface area contributed by atoms with Gasteiger partial charge < -0.3 is 15.1 Å². The van der Waals surface area contributed by atoms with Crippen LogP contribution in [-0.4, -0.2) is 47.6 Å². The lowest BCUT2D eigenvalue weighted by atomic mass is 10.3. The van der Waals surface area contributed by atoms with Gasteiger partial charge in [-0.1, -0.05) is 36.2 Å². The molecule has 1 saturated heterocycles. The fourth-order valence-electron chi connectivity index (χ4n) is 2.06. The highest BCUT2D eigenvalue weighted by molar-refractivity contribution is 7.80. The molecule has 6 heteroatoms. The average Bonchev–Trinajstić information content (AvgIpc) is 2.44. The zero-order chi connectivity index (χ0) is 13.8. The molecule has 1 aromatic carbocycles. The molecule has 19 heavy (non-hydrogen) atoms. The maximum atomic E-state index is 6.14. The monoisotopic (exact) mass is 317 g/mol. The van der Waals surface area contributed by atoms with Gasteiger partial charge in [0.05, 0.1) is 15.7 Å². The first kappa shape index (κ1) is 14.9. The molecule has 1 aliphatic heterocycles. The minimum absolute atomic E-state index is 0.513. The van der Waals surface area contributed by atoms with Crippen molar-refractivity contribution in [3.63, 3.8) is 0 Å². The molecule has 1 fully saturated rings. The van der Waals surface area contributed by atoms with E-state index in [1.54, 1.807) is 6.07 Å². The standard InChI is InChI=1S/C13H17Cl2N3S/c1-2-17-6-8-18(9-7-17)13(19)16-11-5-3-4-10(14)12(11)15/h3-5H,2,6-9H2,1H3,(H,16,19). The fraction of sp³-hybridized carbons (Fsp3) is 0.462. The third-order valence-electron chi connectivity index (χ3n) is 3.30. The average molecular weight is 318 g/mol. The molecule has 104 valence electrons. The van der Waals surface area contributed by atoms with Gasteiger partial charge in [0.15, 0.2) is 5.11 Å². The normalized spacial score (nSPS) is 16.5. The minimum Gasteiger partial charge on any atom is -0.346 e. The summed E-state index contributed by atoms with van der Waals surface area (Å²) >= 11 is 17.6. The van der Waals surface area contributed by atoms with Gasteiger partial charge in [-0.05, 0) is 30.9 Å². The van der Waals surface area contributed by atoms with Crippen molar-refractivity contribution in [2.75, 3.05) is 38.0 Å². The lowest BCUT2D eigenvalue weighted by Crippen LogP contribution is -2.49. The third kappa shape index (κ3) is 3.72. The molecule has 1 aromatic rings. The van der Waals surface area contributed by atoms with E-state index in [0.29, 0.717) is 15.2 Å². The van der Waals surface area contributed by atoms with Crippen LogP contribution in [0.15, 0.2) is 18.2 Å². The summed E-state index contributed by atoms with van der Waals surface area (Å²) in [5, 5.41) is 4.93. The van der Waals surface area contributed by atoms with Crippen molar-refractivity contribution >= 4 is 46.2 Å². The Morgan fingerprint density at radius 3 is 2.58 bits per heavy atom. The molecule has 1 N–H and O–H groups in total. The molecule has 2 rings (SSSR count). The van der Waals surface area contributed by atoms with Crippen molar-refractivity contribution in [2.45, 2.75) is 6.92 Å². The van der Waals surface area contributed by atoms with Crippen molar-refractivity contribution in [3.8, 4) is 0 Å². The van der Waals surface area contributed by atoms with Crippen molar-refractivity contribution in [3.05, 3.63) is 28.2 Å². The Hall–Kier alpha value is -0.550. The number of benzene rings is 1. The fourth-order valence-corrected chi connectivity index (χ4v) is 2.70. The van der Waals surface area contributed by atoms with Crippen LogP contribution in [0.25, 0.3) is 0 Å². The number of hydrogen-bond acceptors (Lipinski definition) is 2. The van der Waals surface area contributed by atoms with Crippen LogP contribution in [0.2, 0.25) is 10.0 Å². The van der Waals surface area contributed by atoms with Crippen LogP contribution in [0.1, 0.15) is 6.92 Å². The second-order valence-corrected chi connectivity index (χ2v) is 5.62.